The summed E-state index contributed by atoms with van der Waals surface area (Å²) in [6, 6.07) is 8.80. The summed E-state index contributed by atoms with van der Waals surface area (Å²) in [4.78, 5) is 34.6. The van der Waals surface area contributed by atoms with Crippen molar-refractivity contribution < 1.29 is 23.0 Å². The van der Waals surface area contributed by atoms with Gasteiger partial charge in [0.25, 0.3) is 5.56 Å². The van der Waals surface area contributed by atoms with E-state index in [0.717, 1.165) is 41.9 Å². The molecule has 1 aromatic carbocycles. The van der Waals surface area contributed by atoms with Crippen LogP contribution >= 0.6 is 11.3 Å². The number of halogens is 2. The van der Waals surface area contributed by atoms with Crippen molar-refractivity contribution >= 4 is 27.3 Å². The number of methoxy groups -OCH3 is 1. The van der Waals surface area contributed by atoms with Crippen LogP contribution in [0.15, 0.2) is 65.4 Å². The Morgan fingerprint density at radius 2 is 1.92 bits per heavy atom. The number of aromatic nitrogens is 4. The van der Waals surface area contributed by atoms with Gasteiger partial charge < -0.3 is 23.8 Å². The molecule has 2 aliphatic heterocycles. The van der Waals surface area contributed by atoms with Crippen molar-refractivity contribution in [1.29, 1.82) is 0 Å². The van der Waals surface area contributed by atoms with Crippen LogP contribution in [0.25, 0.3) is 43.9 Å². The molecule has 10 nitrogen and oxygen atoms in total. The van der Waals surface area contributed by atoms with E-state index in [4.69, 9.17) is 19.6 Å². The van der Waals surface area contributed by atoms with E-state index in [1.54, 1.807) is 21.6 Å². The molecule has 0 spiro atoms. The van der Waals surface area contributed by atoms with E-state index >= 15 is 4.39 Å². The van der Waals surface area contributed by atoms with Crippen molar-refractivity contribution in [2.24, 2.45) is 0 Å². The molecule has 5 aromatic rings. The minimum atomic E-state index is -0.810. The number of benzene rings is 1. The average Bonchev–Trinajstić information content (AvgIpc) is 3.72. The lowest BCUT2D eigenvalue weighted by molar-refractivity contribution is -0.129. The van der Waals surface area contributed by atoms with Gasteiger partial charge in [-0.3, -0.25) is 14.3 Å². The summed E-state index contributed by atoms with van der Waals surface area (Å²) < 4.78 is 46.1. The molecule has 0 N–H and O–H groups in total. The molecule has 0 radical (unpaired) electrons. The number of hydrogen-bond acceptors (Lipinski definition) is 8. The lowest BCUT2D eigenvalue weighted by atomic mass is 9.96. The second-order valence-corrected chi connectivity index (χ2v) is 13.0. The number of carbonyl (C=O) groups is 1. The molecule has 0 saturated carbocycles. The number of pyridine rings is 2. The smallest absolute Gasteiger partial charge is 0.250 e. The number of carbonyl (C=O) groups excluding carboxylic acids is 1. The maximum Gasteiger partial charge on any atom is 0.250 e. The highest BCUT2D eigenvalue weighted by atomic mass is 32.1. The number of hydrogen-bond donors (Lipinski definition) is 0. The lowest BCUT2D eigenvalue weighted by Gasteiger charge is -2.37. The molecule has 1 amide bonds. The van der Waals surface area contributed by atoms with Gasteiger partial charge in [0.2, 0.25) is 5.91 Å². The molecular weight excluding hydrogens is 638 g/mol. The molecule has 48 heavy (non-hydrogen) atoms. The highest BCUT2D eigenvalue weighted by Gasteiger charge is 2.32. The van der Waals surface area contributed by atoms with Crippen molar-refractivity contribution in [3.63, 3.8) is 0 Å². The Hall–Kier alpha value is -4.72. The van der Waals surface area contributed by atoms with Gasteiger partial charge in [0.1, 0.15) is 35.4 Å². The Kier molecular flexibility index (Phi) is 8.44. The summed E-state index contributed by atoms with van der Waals surface area (Å²) in [5.41, 5.74) is 3.27. The number of likely N-dealkylation sites (tertiary alicyclic amines) is 1. The number of amides is 1. The zero-order chi connectivity index (χ0) is 33.7. The van der Waals surface area contributed by atoms with E-state index in [1.165, 1.54) is 24.5 Å². The molecule has 7 rings (SSSR count). The van der Waals surface area contributed by atoms with E-state index in [-0.39, 0.29) is 48.1 Å². The molecule has 248 valence electrons. The van der Waals surface area contributed by atoms with Gasteiger partial charge in [-0.1, -0.05) is 6.58 Å². The van der Waals surface area contributed by atoms with Crippen molar-refractivity contribution in [1.82, 2.24) is 29.1 Å². The lowest BCUT2D eigenvalue weighted by Crippen LogP contribution is -2.47. The van der Waals surface area contributed by atoms with E-state index in [1.807, 2.05) is 42.4 Å². The van der Waals surface area contributed by atoms with E-state index in [2.05, 4.69) is 11.5 Å². The van der Waals surface area contributed by atoms with Crippen LogP contribution in [0.5, 0.6) is 5.75 Å². The Morgan fingerprint density at radius 1 is 1.10 bits per heavy atom. The fourth-order valence-corrected chi connectivity index (χ4v) is 7.56. The van der Waals surface area contributed by atoms with Crippen molar-refractivity contribution in [2.45, 2.75) is 25.6 Å². The number of fused-ring (bicyclic) bond motifs is 2. The predicted molar refractivity (Wildman–Crippen MR) is 180 cm³/mol. The van der Waals surface area contributed by atoms with Crippen LogP contribution in [0.1, 0.15) is 24.7 Å². The summed E-state index contributed by atoms with van der Waals surface area (Å²) in [5.74, 6) is -1.76. The van der Waals surface area contributed by atoms with Crippen LogP contribution in [0.2, 0.25) is 0 Å². The van der Waals surface area contributed by atoms with Crippen LogP contribution in [0, 0.1) is 11.6 Å². The molecule has 13 heteroatoms. The van der Waals surface area contributed by atoms with Gasteiger partial charge in [0.15, 0.2) is 0 Å². The molecule has 6 heterocycles. The van der Waals surface area contributed by atoms with Crippen LogP contribution in [-0.2, 0) is 16.1 Å². The first-order chi connectivity index (χ1) is 23.2. The number of nitrogens with zero attached hydrogens (tertiary/aromatic N) is 6. The standard InChI is InChI=1S/C35H34F2N6O4S/c1-5-29(44)41-9-10-43-27(20(41)2)16-26(39-43)34-32(31-25(37)14-22(36)15-28(31)47-12-11-46-4)35-24(8-13-48-35)33(38-34)21-6-7-30(45)42(17-21)23-18-40(3)19-23/h5-8,13-17,20,23H,1,9-12,18-19H2,2-4H3/t20-/m1/s1. The van der Waals surface area contributed by atoms with E-state index in [9.17, 15) is 14.0 Å². The molecule has 2 aliphatic rings. The molecule has 1 saturated heterocycles. The number of ether oxygens (including phenoxy) is 2. The van der Waals surface area contributed by atoms with Gasteiger partial charge in [0.05, 0.1) is 42.2 Å². The maximum absolute atomic E-state index is 16.1. The molecule has 4 aromatic heterocycles. The Bertz CT molecular complexity index is 2120. The second-order valence-electron chi connectivity index (χ2n) is 12.1. The van der Waals surface area contributed by atoms with Gasteiger partial charge in [-0.15, -0.1) is 11.3 Å². The van der Waals surface area contributed by atoms with Crippen LogP contribution in [0.4, 0.5) is 8.78 Å². The normalized spacial score (nSPS) is 16.6. The van der Waals surface area contributed by atoms with Gasteiger partial charge in [-0.25, -0.2) is 13.8 Å². The third-order valence-corrected chi connectivity index (χ3v) is 9.96. The first kappa shape index (κ1) is 31.9. The molecular formula is C35H34F2N6O4S. The number of thiophene rings is 1. The summed E-state index contributed by atoms with van der Waals surface area (Å²) in [6.07, 6.45) is 3.13. The number of rotatable bonds is 9. The quantitative estimate of drug-likeness (QED) is 0.150. The second kappa shape index (κ2) is 12.7. The molecule has 1 fully saturated rings. The first-order valence-corrected chi connectivity index (χ1v) is 16.5. The Labute approximate surface area is 279 Å². The van der Waals surface area contributed by atoms with Crippen molar-refractivity contribution in [2.75, 3.05) is 47.0 Å². The van der Waals surface area contributed by atoms with Crippen LogP contribution in [0.3, 0.4) is 0 Å². The zero-order valence-electron chi connectivity index (χ0n) is 26.8. The Balaban J connectivity index is 1.48. The summed E-state index contributed by atoms with van der Waals surface area (Å²) >= 11 is 1.39. The Morgan fingerprint density at radius 3 is 2.67 bits per heavy atom. The SMILES string of the molecule is C=CC(=O)N1CCn2nc(-c3nc(-c4ccc(=O)n(C5CN(C)C5)c4)c4ccsc4c3-c3c(F)cc(F)cc3OCCOC)cc2[C@H]1C. The average molecular weight is 673 g/mol. The van der Waals surface area contributed by atoms with Gasteiger partial charge in [0, 0.05) is 72.4 Å². The monoisotopic (exact) mass is 672 g/mol. The highest BCUT2D eigenvalue weighted by molar-refractivity contribution is 7.18. The molecule has 0 unspecified atom stereocenters. The topological polar surface area (TPSA) is 94.7 Å². The summed E-state index contributed by atoms with van der Waals surface area (Å²) in [7, 11) is 3.52. The van der Waals surface area contributed by atoms with E-state index < -0.39 is 11.6 Å². The van der Waals surface area contributed by atoms with Crippen LogP contribution < -0.4 is 10.3 Å². The highest BCUT2D eigenvalue weighted by Crippen LogP contribution is 2.47. The summed E-state index contributed by atoms with van der Waals surface area (Å²) in [5, 5.41) is 7.56. The van der Waals surface area contributed by atoms with Crippen LogP contribution in [-0.4, -0.2) is 82.0 Å². The third kappa shape index (κ3) is 5.51. The predicted octanol–water partition coefficient (Wildman–Crippen LogP) is 5.53. The molecule has 0 bridgehead atoms. The first-order valence-electron chi connectivity index (χ1n) is 15.6. The third-order valence-electron chi connectivity index (χ3n) is 9.03. The van der Waals surface area contributed by atoms with Gasteiger partial charge >= 0.3 is 0 Å². The zero-order valence-corrected chi connectivity index (χ0v) is 27.6. The van der Waals surface area contributed by atoms with Crippen molar-refractivity contribution in [3.8, 4) is 39.5 Å². The molecule has 0 aliphatic carbocycles. The maximum atomic E-state index is 16.1. The van der Waals surface area contributed by atoms with Gasteiger partial charge in [-0.2, -0.15) is 5.10 Å². The van der Waals surface area contributed by atoms with Gasteiger partial charge in [-0.05, 0) is 43.6 Å². The number of likely N-dealkylation sites (N-methyl/N-ethyl adjacent to an activating group) is 1. The minimum Gasteiger partial charge on any atom is -0.490 e. The fraction of sp³-hybridized carbons (Fsp3) is 0.314. The fourth-order valence-electron chi connectivity index (χ4n) is 6.61. The minimum absolute atomic E-state index is 0.0119. The van der Waals surface area contributed by atoms with E-state index in [0.29, 0.717) is 40.4 Å². The van der Waals surface area contributed by atoms with Crippen molar-refractivity contribution in [3.05, 3.63) is 88.3 Å². The largest absolute Gasteiger partial charge is 0.490 e. The summed E-state index contributed by atoms with van der Waals surface area (Å²) in [6.45, 7) is 8.25. The molecule has 1 atom stereocenters.